The van der Waals surface area contributed by atoms with Crippen molar-refractivity contribution >= 4 is 22.5 Å². The lowest BCUT2D eigenvalue weighted by Crippen LogP contribution is -2.18. The number of nitrogens with zero attached hydrogens (tertiary/aromatic N) is 2. The van der Waals surface area contributed by atoms with E-state index in [1.54, 1.807) is 12.1 Å². The SMILES string of the molecule is N#CCC(O)C(O)c1cc2ccccc2nc1Cl. The molecule has 1 heterocycles. The largest absolute Gasteiger partial charge is 0.389 e. The molecule has 0 aliphatic rings. The highest BCUT2D eigenvalue weighted by Gasteiger charge is 2.21. The number of pyridine rings is 1. The zero-order chi connectivity index (χ0) is 13.1. The van der Waals surface area contributed by atoms with E-state index in [0.717, 1.165) is 5.39 Å². The minimum absolute atomic E-state index is 0.137. The molecule has 1 aromatic heterocycles. The van der Waals surface area contributed by atoms with Gasteiger partial charge in [0.05, 0.1) is 24.1 Å². The number of halogens is 1. The first kappa shape index (κ1) is 12.8. The Labute approximate surface area is 109 Å². The molecule has 0 aliphatic heterocycles. The summed E-state index contributed by atoms with van der Waals surface area (Å²) < 4.78 is 0. The topological polar surface area (TPSA) is 77.1 Å². The molecular weight excluding hydrogens is 252 g/mol. The lowest BCUT2D eigenvalue weighted by molar-refractivity contribution is 0.0216. The van der Waals surface area contributed by atoms with Crippen LogP contribution >= 0.6 is 11.6 Å². The van der Waals surface area contributed by atoms with Crippen molar-refractivity contribution in [2.75, 3.05) is 0 Å². The maximum atomic E-state index is 9.93. The van der Waals surface area contributed by atoms with Gasteiger partial charge >= 0.3 is 0 Å². The molecule has 2 rings (SSSR count). The van der Waals surface area contributed by atoms with Gasteiger partial charge in [0.15, 0.2) is 0 Å². The van der Waals surface area contributed by atoms with Gasteiger partial charge in [-0.15, -0.1) is 0 Å². The molecule has 0 fully saturated rings. The van der Waals surface area contributed by atoms with Crippen LogP contribution in [0.1, 0.15) is 18.1 Å². The first-order valence-electron chi connectivity index (χ1n) is 5.41. The van der Waals surface area contributed by atoms with Crippen LogP contribution in [0.5, 0.6) is 0 Å². The second kappa shape index (κ2) is 5.32. The summed E-state index contributed by atoms with van der Waals surface area (Å²) in [5.41, 5.74) is 1.05. The highest BCUT2D eigenvalue weighted by atomic mass is 35.5. The maximum absolute atomic E-state index is 9.93. The van der Waals surface area contributed by atoms with Crippen molar-refractivity contribution in [2.24, 2.45) is 0 Å². The van der Waals surface area contributed by atoms with Crippen molar-refractivity contribution in [1.29, 1.82) is 5.26 Å². The molecule has 18 heavy (non-hydrogen) atoms. The third-order valence-electron chi connectivity index (χ3n) is 2.69. The Kier molecular flexibility index (Phi) is 3.78. The summed E-state index contributed by atoms with van der Waals surface area (Å²) in [5, 5.41) is 29.0. The molecule has 5 heteroatoms. The van der Waals surface area contributed by atoms with Gasteiger partial charge in [0.1, 0.15) is 11.3 Å². The first-order valence-corrected chi connectivity index (χ1v) is 5.79. The van der Waals surface area contributed by atoms with Crippen molar-refractivity contribution in [3.8, 4) is 6.07 Å². The summed E-state index contributed by atoms with van der Waals surface area (Å²) in [4.78, 5) is 4.15. The molecule has 2 N–H and O–H groups in total. The first-order chi connectivity index (χ1) is 8.63. The number of nitriles is 1. The van der Waals surface area contributed by atoms with Crippen LogP contribution in [0.3, 0.4) is 0 Å². The Morgan fingerprint density at radius 1 is 1.33 bits per heavy atom. The van der Waals surface area contributed by atoms with Gasteiger partial charge in [0, 0.05) is 10.9 Å². The molecule has 0 bridgehead atoms. The van der Waals surface area contributed by atoms with E-state index in [1.165, 1.54) is 0 Å². The normalized spacial score (nSPS) is 14.1. The van der Waals surface area contributed by atoms with Gasteiger partial charge < -0.3 is 10.2 Å². The zero-order valence-corrected chi connectivity index (χ0v) is 10.2. The molecule has 2 unspecified atom stereocenters. The number of aromatic nitrogens is 1. The van der Waals surface area contributed by atoms with Crippen LogP contribution < -0.4 is 0 Å². The third-order valence-corrected chi connectivity index (χ3v) is 2.99. The molecule has 1 aromatic carbocycles. The van der Waals surface area contributed by atoms with Crippen molar-refractivity contribution in [1.82, 2.24) is 4.98 Å². The smallest absolute Gasteiger partial charge is 0.135 e. The molecule has 0 saturated carbocycles. The summed E-state index contributed by atoms with van der Waals surface area (Å²) in [6.07, 6.45) is -2.55. The minimum atomic E-state index is -1.21. The average molecular weight is 263 g/mol. The van der Waals surface area contributed by atoms with Crippen LogP contribution in [-0.2, 0) is 0 Å². The molecule has 2 aromatic rings. The fourth-order valence-electron chi connectivity index (χ4n) is 1.73. The van der Waals surface area contributed by atoms with E-state index in [0.29, 0.717) is 11.1 Å². The standard InChI is InChI=1S/C13H11ClN2O2/c14-13-9(12(18)11(17)5-6-15)7-8-3-1-2-4-10(8)16-13/h1-4,7,11-12,17-18H,5H2. The van der Waals surface area contributed by atoms with E-state index in [9.17, 15) is 10.2 Å². The number of aliphatic hydroxyl groups is 2. The number of hydrogen-bond acceptors (Lipinski definition) is 4. The molecule has 0 saturated heterocycles. The molecule has 92 valence electrons. The average Bonchev–Trinajstić information content (AvgIpc) is 2.37. The molecule has 0 spiro atoms. The van der Waals surface area contributed by atoms with Crippen LogP contribution in [0.25, 0.3) is 10.9 Å². The van der Waals surface area contributed by atoms with Crippen molar-refractivity contribution < 1.29 is 10.2 Å². The lowest BCUT2D eigenvalue weighted by atomic mass is 10.0. The van der Waals surface area contributed by atoms with Crippen molar-refractivity contribution in [3.05, 3.63) is 41.0 Å². The second-order valence-corrected chi connectivity index (χ2v) is 4.29. The van der Waals surface area contributed by atoms with Gasteiger partial charge in [-0.2, -0.15) is 5.26 Å². The van der Waals surface area contributed by atoms with E-state index >= 15 is 0 Å². The van der Waals surface area contributed by atoms with Gasteiger partial charge in [-0.25, -0.2) is 4.98 Å². The summed E-state index contributed by atoms with van der Waals surface area (Å²) in [6.45, 7) is 0. The number of aliphatic hydroxyl groups excluding tert-OH is 2. The molecule has 0 amide bonds. The Bertz CT molecular complexity index is 609. The van der Waals surface area contributed by atoms with Crippen LogP contribution in [-0.4, -0.2) is 21.3 Å². The fourth-order valence-corrected chi connectivity index (χ4v) is 1.99. The van der Waals surface area contributed by atoms with E-state index in [-0.39, 0.29) is 11.6 Å². The zero-order valence-electron chi connectivity index (χ0n) is 9.42. The highest BCUT2D eigenvalue weighted by molar-refractivity contribution is 6.30. The number of benzene rings is 1. The minimum Gasteiger partial charge on any atom is -0.389 e. The molecule has 0 radical (unpaired) electrons. The third kappa shape index (κ3) is 2.44. The van der Waals surface area contributed by atoms with Crippen LogP contribution in [0.4, 0.5) is 0 Å². The van der Waals surface area contributed by atoms with E-state index in [2.05, 4.69) is 4.98 Å². The molecule has 2 atom stereocenters. The molecule has 4 nitrogen and oxygen atoms in total. The Morgan fingerprint density at radius 3 is 2.78 bits per heavy atom. The second-order valence-electron chi connectivity index (χ2n) is 3.94. The monoisotopic (exact) mass is 262 g/mol. The van der Waals surface area contributed by atoms with Crippen molar-refractivity contribution in [2.45, 2.75) is 18.6 Å². The predicted molar refractivity (Wildman–Crippen MR) is 67.9 cm³/mol. The summed E-state index contributed by atoms with van der Waals surface area (Å²) in [7, 11) is 0. The highest BCUT2D eigenvalue weighted by Crippen LogP contribution is 2.28. The summed E-state index contributed by atoms with van der Waals surface area (Å²) in [6, 6.07) is 10.8. The van der Waals surface area contributed by atoms with E-state index < -0.39 is 12.2 Å². The maximum Gasteiger partial charge on any atom is 0.135 e. The summed E-state index contributed by atoms with van der Waals surface area (Å²) in [5.74, 6) is 0. The predicted octanol–water partition coefficient (Wildman–Crippen LogP) is 2.20. The lowest BCUT2D eigenvalue weighted by Gasteiger charge is -2.17. The van der Waals surface area contributed by atoms with Gasteiger partial charge in [0.25, 0.3) is 0 Å². The molecular formula is C13H11ClN2O2. The number of rotatable bonds is 3. The van der Waals surface area contributed by atoms with E-state index in [1.807, 2.05) is 24.3 Å². The van der Waals surface area contributed by atoms with Gasteiger partial charge in [-0.1, -0.05) is 29.8 Å². The Balaban J connectivity index is 2.44. The van der Waals surface area contributed by atoms with Crippen LogP contribution in [0.15, 0.2) is 30.3 Å². The molecule has 0 aliphatic carbocycles. The van der Waals surface area contributed by atoms with Gasteiger partial charge in [-0.3, -0.25) is 0 Å². The quantitative estimate of drug-likeness (QED) is 0.832. The fraction of sp³-hybridized carbons (Fsp3) is 0.231. The van der Waals surface area contributed by atoms with Crippen molar-refractivity contribution in [3.63, 3.8) is 0 Å². The number of para-hydroxylation sites is 1. The van der Waals surface area contributed by atoms with Crippen LogP contribution in [0.2, 0.25) is 5.15 Å². The Morgan fingerprint density at radius 2 is 2.06 bits per heavy atom. The van der Waals surface area contributed by atoms with Gasteiger partial charge in [-0.05, 0) is 12.1 Å². The number of hydrogen-bond donors (Lipinski definition) is 2. The van der Waals surface area contributed by atoms with E-state index in [4.69, 9.17) is 16.9 Å². The summed E-state index contributed by atoms with van der Waals surface area (Å²) >= 11 is 5.98. The van der Waals surface area contributed by atoms with Gasteiger partial charge in [0.2, 0.25) is 0 Å². The number of fused-ring (bicyclic) bond motifs is 1. The van der Waals surface area contributed by atoms with Crippen LogP contribution in [0, 0.1) is 11.3 Å². The Hall–Kier alpha value is -1.67.